The topological polar surface area (TPSA) is 87.7 Å². The number of aliphatic hydroxyl groups is 1. The number of hydrogen-bond acceptors (Lipinski definition) is 4. The molecule has 0 bridgehead atoms. The van der Waals surface area contributed by atoms with Gasteiger partial charge >= 0.3 is 6.09 Å². The smallest absolute Gasteiger partial charge is 0.407 e. The molecule has 6 nitrogen and oxygen atoms in total. The summed E-state index contributed by atoms with van der Waals surface area (Å²) in [5, 5.41) is 16.8. The lowest BCUT2D eigenvalue weighted by molar-refractivity contribution is -0.120. The van der Waals surface area contributed by atoms with Gasteiger partial charge in [0, 0.05) is 6.92 Å². The monoisotopic (exact) mass is 412 g/mol. The van der Waals surface area contributed by atoms with Crippen molar-refractivity contribution >= 4 is 12.0 Å². The van der Waals surface area contributed by atoms with E-state index in [2.05, 4.69) is 10.6 Å². The first kappa shape index (κ1) is 23.4. The number of nitrogens with one attached hydrogen (secondary N) is 2. The first-order valence-corrected chi connectivity index (χ1v) is 10.2. The zero-order chi connectivity index (χ0) is 22.1. The second kappa shape index (κ2) is 10.8. The molecular weight excluding hydrogens is 380 g/mol. The average Bonchev–Trinajstić information content (AvgIpc) is 2.66. The summed E-state index contributed by atoms with van der Waals surface area (Å²) in [4.78, 5) is 24.2. The van der Waals surface area contributed by atoms with Gasteiger partial charge in [-0.05, 0) is 44.7 Å². The molecule has 162 valence electrons. The van der Waals surface area contributed by atoms with Crippen LogP contribution in [0.15, 0.2) is 60.7 Å². The Morgan fingerprint density at radius 2 is 1.30 bits per heavy atom. The summed E-state index contributed by atoms with van der Waals surface area (Å²) in [6.07, 6.45) is -0.805. The summed E-state index contributed by atoms with van der Waals surface area (Å²) in [5.41, 5.74) is 1.28. The first-order chi connectivity index (χ1) is 14.1. The molecule has 0 fully saturated rings. The van der Waals surface area contributed by atoms with E-state index in [4.69, 9.17) is 4.74 Å². The van der Waals surface area contributed by atoms with Crippen LogP contribution in [0.4, 0.5) is 4.79 Å². The molecule has 2 aromatic rings. The molecule has 0 radical (unpaired) electrons. The second-order valence-corrected chi connectivity index (χ2v) is 8.43. The number of amides is 2. The highest BCUT2D eigenvalue weighted by Gasteiger charge is 2.31. The molecule has 0 saturated heterocycles. The minimum atomic E-state index is -1.03. The molecule has 0 spiro atoms. The van der Waals surface area contributed by atoms with Crippen molar-refractivity contribution in [3.05, 3.63) is 71.8 Å². The first-order valence-electron chi connectivity index (χ1n) is 10.2. The standard InChI is InChI=1S/C24H32N2O4/c1-17(27)25-20(15-18-11-7-5-8-12-18)22(28)21(16-19-13-9-6-10-14-19)26-23(29)30-24(2,3)4/h5-14,20-22,28H,15-16H2,1-4H3,(H,25,27)(H,26,29). The maximum Gasteiger partial charge on any atom is 0.407 e. The molecule has 0 heterocycles. The highest BCUT2D eigenvalue weighted by Crippen LogP contribution is 2.15. The van der Waals surface area contributed by atoms with E-state index >= 15 is 0 Å². The zero-order valence-corrected chi connectivity index (χ0v) is 18.1. The van der Waals surface area contributed by atoms with Crippen LogP contribution in [0.2, 0.25) is 0 Å². The number of aliphatic hydroxyl groups excluding tert-OH is 1. The fourth-order valence-electron chi connectivity index (χ4n) is 3.25. The average molecular weight is 413 g/mol. The predicted molar refractivity (Wildman–Crippen MR) is 117 cm³/mol. The lowest BCUT2D eigenvalue weighted by Gasteiger charge is -2.32. The maximum absolute atomic E-state index is 12.4. The summed E-state index contributed by atoms with van der Waals surface area (Å²) in [6, 6.07) is 18.0. The van der Waals surface area contributed by atoms with Crippen LogP contribution in [0.1, 0.15) is 38.8 Å². The highest BCUT2D eigenvalue weighted by atomic mass is 16.6. The van der Waals surface area contributed by atoms with E-state index in [0.29, 0.717) is 12.8 Å². The molecular formula is C24H32N2O4. The Balaban J connectivity index is 2.24. The molecule has 30 heavy (non-hydrogen) atoms. The largest absolute Gasteiger partial charge is 0.444 e. The van der Waals surface area contributed by atoms with Crippen molar-refractivity contribution in [2.45, 2.75) is 64.3 Å². The van der Waals surface area contributed by atoms with Crippen LogP contribution in [0.5, 0.6) is 0 Å². The molecule has 0 aliphatic rings. The minimum Gasteiger partial charge on any atom is -0.444 e. The Bertz CT molecular complexity index is 803. The van der Waals surface area contributed by atoms with Crippen LogP contribution in [-0.4, -0.2) is 40.9 Å². The number of carbonyl (C=O) groups excluding carboxylic acids is 2. The molecule has 2 amide bonds. The SMILES string of the molecule is CC(=O)NC(Cc1ccccc1)C(O)C(Cc1ccccc1)NC(=O)OC(C)(C)C. The van der Waals surface area contributed by atoms with Crippen molar-refractivity contribution < 1.29 is 19.4 Å². The number of benzene rings is 2. The second-order valence-electron chi connectivity index (χ2n) is 8.43. The van der Waals surface area contributed by atoms with Gasteiger partial charge in [0.15, 0.2) is 0 Å². The van der Waals surface area contributed by atoms with E-state index in [1.807, 2.05) is 60.7 Å². The Morgan fingerprint density at radius 3 is 1.70 bits per heavy atom. The van der Waals surface area contributed by atoms with Gasteiger partial charge in [0.25, 0.3) is 0 Å². The number of ether oxygens (including phenoxy) is 1. The molecule has 2 aromatic carbocycles. The van der Waals surface area contributed by atoms with Gasteiger partial charge in [-0.3, -0.25) is 4.79 Å². The van der Waals surface area contributed by atoms with Crippen molar-refractivity contribution in [3.63, 3.8) is 0 Å². The number of hydrogen-bond donors (Lipinski definition) is 3. The Labute approximate surface area is 178 Å². The third-order valence-corrected chi connectivity index (χ3v) is 4.51. The van der Waals surface area contributed by atoms with Gasteiger partial charge in [-0.2, -0.15) is 0 Å². The van der Waals surface area contributed by atoms with Gasteiger partial charge < -0.3 is 20.5 Å². The van der Waals surface area contributed by atoms with Gasteiger partial charge in [0.2, 0.25) is 5.91 Å². The molecule has 3 N–H and O–H groups in total. The fourth-order valence-corrected chi connectivity index (χ4v) is 3.25. The number of rotatable bonds is 8. The third-order valence-electron chi connectivity index (χ3n) is 4.51. The summed E-state index contributed by atoms with van der Waals surface area (Å²) >= 11 is 0. The minimum absolute atomic E-state index is 0.245. The highest BCUT2D eigenvalue weighted by molar-refractivity contribution is 5.73. The van der Waals surface area contributed by atoms with E-state index < -0.39 is 29.9 Å². The molecule has 0 aliphatic carbocycles. The third kappa shape index (κ3) is 8.25. The quantitative estimate of drug-likeness (QED) is 0.621. The van der Waals surface area contributed by atoms with Crippen LogP contribution in [0, 0.1) is 0 Å². The van der Waals surface area contributed by atoms with Crippen LogP contribution >= 0.6 is 0 Å². The van der Waals surface area contributed by atoms with E-state index in [1.165, 1.54) is 6.92 Å². The zero-order valence-electron chi connectivity index (χ0n) is 18.1. The summed E-state index contributed by atoms with van der Waals surface area (Å²) in [7, 11) is 0. The van der Waals surface area contributed by atoms with Crippen molar-refractivity contribution in [1.82, 2.24) is 10.6 Å². The summed E-state index contributed by atoms with van der Waals surface area (Å²) in [6.45, 7) is 6.76. The molecule has 0 aliphatic heterocycles. The molecule has 0 saturated carbocycles. The van der Waals surface area contributed by atoms with Gasteiger partial charge in [-0.15, -0.1) is 0 Å². The van der Waals surface area contributed by atoms with Gasteiger partial charge in [0.1, 0.15) is 5.60 Å². The van der Waals surface area contributed by atoms with Crippen LogP contribution in [0.3, 0.4) is 0 Å². The van der Waals surface area contributed by atoms with Gasteiger partial charge in [0.05, 0.1) is 18.2 Å². The molecule has 3 unspecified atom stereocenters. The summed E-state index contributed by atoms with van der Waals surface area (Å²) < 4.78 is 5.39. The van der Waals surface area contributed by atoms with Crippen molar-refractivity contribution in [2.75, 3.05) is 0 Å². The van der Waals surface area contributed by atoms with Crippen LogP contribution in [-0.2, 0) is 22.4 Å². The fraction of sp³-hybridized carbons (Fsp3) is 0.417. The van der Waals surface area contributed by atoms with E-state index in [9.17, 15) is 14.7 Å². The Hall–Kier alpha value is -2.86. The van der Waals surface area contributed by atoms with Crippen LogP contribution < -0.4 is 10.6 Å². The Kier molecular flexibility index (Phi) is 8.42. The van der Waals surface area contributed by atoms with Gasteiger partial charge in [-0.25, -0.2) is 4.79 Å². The predicted octanol–water partition coefficient (Wildman–Crippen LogP) is 3.23. The lowest BCUT2D eigenvalue weighted by Crippen LogP contribution is -2.56. The van der Waals surface area contributed by atoms with E-state index in [-0.39, 0.29) is 5.91 Å². The summed E-state index contributed by atoms with van der Waals surface area (Å²) in [5.74, 6) is -0.245. The van der Waals surface area contributed by atoms with Crippen LogP contribution in [0.25, 0.3) is 0 Å². The van der Waals surface area contributed by atoms with Crippen molar-refractivity contribution in [2.24, 2.45) is 0 Å². The van der Waals surface area contributed by atoms with Crippen molar-refractivity contribution in [1.29, 1.82) is 0 Å². The number of alkyl carbamates (subject to hydrolysis) is 1. The molecule has 0 aromatic heterocycles. The Morgan fingerprint density at radius 1 is 0.867 bits per heavy atom. The van der Waals surface area contributed by atoms with E-state index in [0.717, 1.165) is 11.1 Å². The lowest BCUT2D eigenvalue weighted by atomic mass is 9.92. The molecule has 2 rings (SSSR count). The number of carbonyl (C=O) groups is 2. The van der Waals surface area contributed by atoms with Crippen molar-refractivity contribution in [3.8, 4) is 0 Å². The maximum atomic E-state index is 12.4. The van der Waals surface area contributed by atoms with E-state index in [1.54, 1.807) is 20.8 Å². The normalized spacial score (nSPS) is 14.3. The van der Waals surface area contributed by atoms with Gasteiger partial charge in [-0.1, -0.05) is 60.7 Å². The molecule has 6 heteroatoms. The molecule has 3 atom stereocenters.